The third-order valence-corrected chi connectivity index (χ3v) is 3.90. The lowest BCUT2D eigenvalue weighted by atomic mass is 9.86. The maximum atomic E-state index is 12.0. The van der Waals surface area contributed by atoms with Crippen LogP contribution in [0.25, 0.3) is 0 Å². The Hall–Kier alpha value is -2.09. The van der Waals surface area contributed by atoms with E-state index in [0.717, 1.165) is 16.7 Å². The Kier molecular flexibility index (Phi) is 2.89. The molecule has 0 saturated carbocycles. The molecule has 1 aliphatic rings. The Balaban J connectivity index is 1.97. The van der Waals surface area contributed by atoms with E-state index in [1.54, 1.807) is 0 Å². The average molecular weight is 265 g/mol. The predicted octanol–water partition coefficient (Wildman–Crippen LogP) is 3.82. The summed E-state index contributed by atoms with van der Waals surface area (Å²) in [6.07, 6.45) is 0. The van der Waals surface area contributed by atoms with Gasteiger partial charge in [-0.25, -0.2) is 0 Å². The van der Waals surface area contributed by atoms with Crippen molar-refractivity contribution in [2.75, 3.05) is 0 Å². The molecule has 0 bridgehead atoms. The van der Waals surface area contributed by atoms with E-state index in [0.29, 0.717) is 0 Å². The van der Waals surface area contributed by atoms with Crippen LogP contribution in [0.2, 0.25) is 0 Å². The summed E-state index contributed by atoms with van der Waals surface area (Å²) in [6.45, 7) is 6.61. The molecule has 0 aliphatic carbocycles. The van der Waals surface area contributed by atoms with Gasteiger partial charge in [-0.2, -0.15) is 0 Å². The Morgan fingerprint density at radius 2 is 1.60 bits per heavy atom. The topological polar surface area (TPSA) is 29.1 Å². The highest BCUT2D eigenvalue weighted by Gasteiger charge is 2.29. The number of rotatable bonds is 1. The van der Waals surface area contributed by atoms with E-state index in [4.69, 9.17) is 0 Å². The van der Waals surface area contributed by atoms with Crippen LogP contribution < -0.4 is 5.32 Å². The van der Waals surface area contributed by atoms with Crippen LogP contribution in [0.15, 0.2) is 48.5 Å². The number of fused-ring (bicyclic) bond motifs is 1. The number of benzene rings is 2. The molecular weight excluding hydrogens is 246 g/mol. The van der Waals surface area contributed by atoms with Crippen LogP contribution in [0.3, 0.4) is 0 Å². The second-order valence-corrected chi connectivity index (χ2v) is 6.37. The largest absolute Gasteiger partial charge is 0.341 e. The van der Waals surface area contributed by atoms with Crippen molar-refractivity contribution < 1.29 is 4.79 Å². The zero-order valence-electron chi connectivity index (χ0n) is 12.1. The molecule has 1 heterocycles. The van der Waals surface area contributed by atoms with Crippen molar-refractivity contribution in [3.05, 3.63) is 70.8 Å². The lowest BCUT2D eigenvalue weighted by Crippen LogP contribution is -2.20. The van der Waals surface area contributed by atoms with Gasteiger partial charge in [0, 0.05) is 5.56 Å². The molecule has 0 radical (unpaired) electrons. The van der Waals surface area contributed by atoms with E-state index in [1.165, 1.54) is 5.56 Å². The van der Waals surface area contributed by atoms with Crippen LogP contribution in [-0.2, 0) is 5.41 Å². The second kappa shape index (κ2) is 4.48. The van der Waals surface area contributed by atoms with Gasteiger partial charge in [-0.05, 0) is 28.2 Å². The lowest BCUT2D eigenvalue weighted by Gasteiger charge is -2.20. The summed E-state index contributed by atoms with van der Waals surface area (Å²) in [5.41, 5.74) is 4.45. The molecule has 0 unspecified atom stereocenters. The monoisotopic (exact) mass is 265 g/mol. The predicted molar refractivity (Wildman–Crippen MR) is 80.9 cm³/mol. The molecule has 1 N–H and O–H groups in total. The molecule has 20 heavy (non-hydrogen) atoms. The van der Waals surface area contributed by atoms with Crippen molar-refractivity contribution in [3.63, 3.8) is 0 Å². The maximum absolute atomic E-state index is 12.0. The van der Waals surface area contributed by atoms with Crippen LogP contribution in [-0.4, -0.2) is 5.91 Å². The molecule has 0 spiro atoms. The Morgan fingerprint density at radius 3 is 2.25 bits per heavy atom. The molecule has 3 rings (SSSR count). The highest BCUT2D eigenvalue weighted by atomic mass is 16.2. The molecule has 0 aromatic heterocycles. The normalized spacial score (nSPS) is 17.8. The number of hydrogen-bond acceptors (Lipinski definition) is 1. The molecule has 1 atom stereocenters. The first-order chi connectivity index (χ1) is 9.47. The number of nitrogens with one attached hydrogen (secondary N) is 1. The third kappa shape index (κ3) is 2.11. The molecule has 2 heteroatoms. The minimum absolute atomic E-state index is 0.0190. The number of carbonyl (C=O) groups excluding carboxylic acids is 1. The Labute approximate surface area is 119 Å². The summed E-state index contributed by atoms with van der Waals surface area (Å²) >= 11 is 0. The van der Waals surface area contributed by atoms with Crippen LogP contribution in [0.1, 0.15) is 53.9 Å². The van der Waals surface area contributed by atoms with Crippen molar-refractivity contribution in [1.29, 1.82) is 0 Å². The number of amides is 1. The van der Waals surface area contributed by atoms with Gasteiger partial charge in [0.1, 0.15) is 0 Å². The molecule has 1 aliphatic heterocycles. The Morgan fingerprint density at radius 1 is 0.950 bits per heavy atom. The molecule has 2 aromatic carbocycles. The van der Waals surface area contributed by atoms with Gasteiger partial charge in [-0.3, -0.25) is 4.79 Å². The van der Waals surface area contributed by atoms with Crippen LogP contribution in [0.4, 0.5) is 0 Å². The molecule has 2 aromatic rings. The van der Waals surface area contributed by atoms with Crippen LogP contribution >= 0.6 is 0 Å². The van der Waals surface area contributed by atoms with Gasteiger partial charge in [0.15, 0.2) is 0 Å². The standard InChI is InChI=1S/C18H19NO/c1-18(2,3)13-10-8-12(9-11-13)16-14-6-4-5-7-15(14)17(20)19-16/h4-11,16H,1-3H3,(H,19,20)/t16-/m1/s1. The van der Waals surface area contributed by atoms with E-state index in [9.17, 15) is 4.79 Å². The van der Waals surface area contributed by atoms with Crippen molar-refractivity contribution in [3.8, 4) is 0 Å². The van der Waals surface area contributed by atoms with E-state index in [-0.39, 0.29) is 17.4 Å². The molecule has 2 nitrogen and oxygen atoms in total. The summed E-state index contributed by atoms with van der Waals surface area (Å²) in [5.74, 6) is 0.0190. The summed E-state index contributed by atoms with van der Waals surface area (Å²) in [7, 11) is 0. The van der Waals surface area contributed by atoms with E-state index in [1.807, 2.05) is 24.3 Å². The van der Waals surface area contributed by atoms with Gasteiger partial charge in [0.25, 0.3) is 5.91 Å². The molecular formula is C18H19NO. The quantitative estimate of drug-likeness (QED) is 0.834. The molecule has 102 valence electrons. The number of carbonyl (C=O) groups is 1. The highest BCUT2D eigenvalue weighted by molar-refractivity contribution is 5.99. The second-order valence-electron chi connectivity index (χ2n) is 6.37. The summed E-state index contributed by atoms with van der Waals surface area (Å²) in [5, 5.41) is 3.05. The molecule has 1 amide bonds. The zero-order chi connectivity index (χ0) is 14.3. The first kappa shape index (κ1) is 12.9. The van der Waals surface area contributed by atoms with Gasteiger partial charge < -0.3 is 5.32 Å². The fourth-order valence-corrected chi connectivity index (χ4v) is 2.68. The first-order valence-corrected chi connectivity index (χ1v) is 6.97. The highest BCUT2D eigenvalue weighted by Crippen LogP contribution is 2.32. The van der Waals surface area contributed by atoms with E-state index >= 15 is 0 Å². The minimum Gasteiger partial charge on any atom is -0.341 e. The van der Waals surface area contributed by atoms with Gasteiger partial charge in [-0.15, -0.1) is 0 Å². The van der Waals surface area contributed by atoms with Crippen molar-refractivity contribution in [2.24, 2.45) is 0 Å². The van der Waals surface area contributed by atoms with E-state index < -0.39 is 0 Å². The van der Waals surface area contributed by atoms with Gasteiger partial charge >= 0.3 is 0 Å². The van der Waals surface area contributed by atoms with Gasteiger partial charge in [0.2, 0.25) is 0 Å². The SMILES string of the molecule is CC(C)(C)c1ccc([C@H]2NC(=O)c3ccccc32)cc1. The fraction of sp³-hybridized carbons (Fsp3) is 0.278. The summed E-state index contributed by atoms with van der Waals surface area (Å²) in [6, 6.07) is 16.3. The lowest BCUT2D eigenvalue weighted by molar-refractivity contribution is 0.0960. The average Bonchev–Trinajstić information content (AvgIpc) is 2.76. The number of hydrogen-bond donors (Lipinski definition) is 1. The minimum atomic E-state index is -0.0206. The Bertz CT molecular complexity index is 650. The summed E-state index contributed by atoms with van der Waals surface area (Å²) in [4.78, 5) is 12.0. The van der Waals surface area contributed by atoms with Gasteiger partial charge in [-0.1, -0.05) is 63.2 Å². The molecule has 0 fully saturated rings. The van der Waals surface area contributed by atoms with Crippen molar-refractivity contribution in [2.45, 2.75) is 32.2 Å². The maximum Gasteiger partial charge on any atom is 0.252 e. The van der Waals surface area contributed by atoms with Crippen molar-refractivity contribution in [1.82, 2.24) is 5.32 Å². The van der Waals surface area contributed by atoms with Crippen LogP contribution in [0.5, 0.6) is 0 Å². The van der Waals surface area contributed by atoms with Crippen LogP contribution in [0, 0.1) is 0 Å². The smallest absolute Gasteiger partial charge is 0.252 e. The van der Waals surface area contributed by atoms with Gasteiger partial charge in [0.05, 0.1) is 6.04 Å². The van der Waals surface area contributed by atoms with Crippen molar-refractivity contribution >= 4 is 5.91 Å². The molecule has 0 saturated heterocycles. The third-order valence-electron chi connectivity index (χ3n) is 3.90. The zero-order valence-corrected chi connectivity index (χ0v) is 12.1. The fourth-order valence-electron chi connectivity index (χ4n) is 2.68. The first-order valence-electron chi connectivity index (χ1n) is 6.97. The van der Waals surface area contributed by atoms with E-state index in [2.05, 4.69) is 50.4 Å². The summed E-state index contributed by atoms with van der Waals surface area (Å²) < 4.78 is 0.